The number of hydrogen-bond acceptors (Lipinski definition) is 9. The second kappa shape index (κ2) is 21.5. The molecule has 1 saturated heterocycles. The van der Waals surface area contributed by atoms with Gasteiger partial charge in [0.15, 0.2) is 18.4 Å². The molecule has 2 aliphatic heterocycles. The van der Waals surface area contributed by atoms with Crippen LogP contribution in [0, 0.1) is 35.5 Å². The molecule has 0 bridgehead atoms. The molecule has 0 saturated carbocycles. The van der Waals surface area contributed by atoms with Crippen LogP contribution in [0.4, 0.5) is 0 Å². The molecule has 0 aromatic heterocycles. The lowest BCUT2D eigenvalue weighted by Gasteiger charge is -2.49. The topological polar surface area (TPSA) is 92.8 Å². The van der Waals surface area contributed by atoms with Crippen molar-refractivity contribution in [3.8, 4) is 0 Å². The van der Waals surface area contributed by atoms with Crippen LogP contribution in [0.3, 0.4) is 0 Å². The molecular formula is C40H69NO8. The minimum absolute atomic E-state index is 0.0380. The van der Waals surface area contributed by atoms with Crippen molar-refractivity contribution in [3.63, 3.8) is 0 Å². The number of rotatable bonds is 12. The Kier molecular flexibility index (Phi) is 19.0. The fourth-order valence-electron chi connectivity index (χ4n) is 7.58. The normalized spacial score (nSPS) is 37.7. The lowest BCUT2D eigenvalue weighted by atomic mass is 9.76. The first-order valence-electron chi connectivity index (χ1n) is 18.6. The van der Waals surface area contributed by atoms with E-state index in [4.69, 9.17) is 28.4 Å². The van der Waals surface area contributed by atoms with Crippen molar-refractivity contribution < 1.29 is 38.0 Å². The SMILES string of the molecule is C/C=C/CO[C@H]1[C@H](N(C)C)[C@@H](C)[C@H](O[C@H]2[C@@H](CC(OC)OC)C[C@@H](C)C(=O)/C=C/C(C)=C/[C@H](CC)[C@@H](CC)OC(=O)C[C@@H](C)[C@@H]2C)O[C@@H]1C. The number of likely N-dealkylation sites (N-methyl/N-ethyl adjacent to an activating group) is 1. The number of esters is 1. The first-order valence-corrected chi connectivity index (χ1v) is 18.6. The fourth-order valence-corrected chi connectivity index (χ4v) is 7.58. The Bertz CT molecular complexity index is 1080. The highest BCUT2D eigenvalue weighted by Crippen LogP contribution is 2.39. The predicted octanol–water partition coefficient (Wildman–Crippen LogP) is 7.39. The molecule has 1 fully saturated rings. The van der Waals surface area contributed by atoms with Crippen LogP contribution >= 0.6 is 0 Å². The highest BCUT2D eigenvalue weighted by atomic mass is 16.7. The third kappa shape index (κ3) is 12.7. The van der Waals surface area contributed by atoms with Gasteiger partial charge in [0.25, 0.3) is 0 Å². The number of carbonyl (C=O) groups is 2. The summed E-state index contributed by atoms with van der Waals surface area (Å²) in [6, 6.07) is 0.0384. The van der Waals surface area contributed by atoms with Gasteiger partial charge in [-0.1, -0.05) is 71.4 Å². The van der Waals surface area contributed by atoms with Crippen LogP contribution in [0.15, 0.2) is 36.0 Å². The van der Waals surface area contributed by atoms with E-state index in [9.17, 15) is 9.59 Å². The van der Waals surface area contributed by atoms with E-state index in [0.29, 0.717) is 25.9 Å². The molecule has 49 heavy (non-hydrogen) atoms. The highest BCUT2D eigenvalue weighted by molar-refractivity contribution is 5.91. The van der Waals surface area contributed by atoms with E-state index in [1.807, 2.05) is 45.9 Å². The first kappa shape index (κ1) is 43.3. The Labute approximate surface area is 298 Å². The molecular weight excluding hydrogens is 622 g/mol. The van der Waals surface area contributed by atoms with Gasteiger partial charge in [-0.05, 0) is 78.0 Å². The Morgan fingerprint density at radius 2 is 1.65 bits per heavy atom. The van der Waals surface area contributed by atoms with Crippen molar-refractivity contribution in [3.05, 3.63) is 36.0 Å². The summed E-state index contributed by atoms with van der Waals surface area (Å²) < 4.78 is 37.7. The monoisotopic (exact) mass is 692 g/mol. The van der Waals surface area contributed by atoms with Crippen molar-refractivity contribution >= 4 is 11.8 Å². The summed E-state index contributed by atoms with van der Waals surface area (Å²) in [6.07, 6.45) is 10.6. The maximum absolute atomic E-state index is 13.6. The molecule has 0 spiro atoms. The van der Waals surface area contributed by atoms with E-state index in [0.717, 1.165) is 12.0 Å². The van der Waals surface area contributed by atoms with Crippen LogP contribution in [0.2, 0.25) is 0 Å². The third-order valence-corrected chi connectivity index (χ3v) is 10.8. The number of nitrogens with zero attached hydrogens (tertiary/aromatic N) is 1. The standard InChI is InChI=1S/C40H69NO8/c1-14-17-20-46-39-30(9)47-40(29(8)37(39)41(10)11)49-38-28(7)26(5)23-35(43)48-34(16-3)31(15-2)21-25(4)18-19-33(42)27(6)22-32(38)24-36(44-12)45-13/h14,17-19,21,26-32,34,36-40H,15-16,20,22-24H2,1-13H3/b17-14+,19-18+,25-21+/t26-,27-,28+,29-,30-,31+,32-,34-,37-,38-,39-,40+/m1/s1. The zero-order chi connectivity index (χ0) is 36.8. The molecule has 0 aromatic carbocycles. The maximum atomic E-state index is 13.6. The van der Waals surface area contributed by atoms with Crippen LogP contribution < -0.4 is 0 Å². The lowest BCUT2D eigenvalue weighted by Crippen LogP contribution is -2.60. The number of hydrogen-bond donors (Lipinski definition) is 0. The van der Waals surface area contributed by atoms with Gasteiger partial charge in [-0.3, -0.25) is 9.59 Å². The van der Waals surface area contributed by atoms with Crippen LogP contribution in [0.1, 0.15) is 94.4 Å². The molecule has 0 unspecified atom stereocenters. The van der Waals surface area contributed by atoms with Gasteiger partial charge in [0.1, 0.15) is 6.10 Å². The molecule has 12 atom stereocenters. The van der Waals surface area contributed by atoms with Gasteiger partial charge < -0.3 is 33.3 Å². The summed E-state index contributed by atoms with van der Waals surface area (Å²) in [5.41, 5.74) is 0.980. The molecule has 9 heteroatoms. The quantitative estimate of drug-likeness (QED) is 0.118. The Balaban J connectivity index is 2.61. The van der Waals surface area contributed by atoms with Crippen LogP contribution in [0.25, 0.3) is 0 Å². The van der Waals surface area contributed by atoms with Crippen molar-refractivity contribution in [2.24, 2.45) is 35.5 Å². The molecule has 0 N–H and O–H groups in total. The molecule has 2 heterocycles. The minimum atomic E-state index is -0.541. The Morgan fingerprint density at radius 3 is 2.22 bits per heavy atom. The average molecular weight is 692 g/mol. The summed E-state index contributed by atoms with van der Waals surface area (Å²) in [7, 11) is 7.40. The molecule has 0 radical (unpaired) electrons. The van der Waals surface area contributed by atoms with E-state index in [2.05, 4.69) is 59.7 Å². The number of methoxy groups -OCH3 is 2. The molecule has 9 nitrogen and oxygen atoms in total. The molecule has 0 aliphatic carbocycles. The van der Waals surface area contributed by atoms with E-state index >= 15 is 0 Å². The summed E-state index contributed by atoms with van der Waals surface area (Å²) in [4.78, 5) is 29.3. The van der Waals surface area contributed by atoms with Crippen LogP contribution in [0.5, 0.6) is 0 Å². The van der Waals surface area contributed by atoms with Crippen LogP contribution in [-0.4, -0.2) is 94.6 Å². The molecule has 282 valence electrons. The van der Waals surface area contributed by atoms with E-state index in [1.54, 1.807) is 20.3 Å². The first-order chi connectivity index (χ1) is 23.2. The highest BCUT2D eigenvalue weighted by Gasteiger charge is 2.47. The van der Waals surface area contributed by atoms with Crippen LogP contribution in [-0.2, 0) is 38.0 Å². The van der Waals surface area contributed by atoms with Gasteiger partial charge >= 0.3 is 5.97 Å². The lowest BCUT2D eigenvalue weighted by molar-refractivity contribution is -0.292. The van der Waals surface area contributed by atoms with E-state index < -0.39 is 12.6 Å². The molecule has 0 amide bonds. The van der Waals surface area contributed by atoms with E-state index in [-0.39, 0.29) is 84.1 Å². The van der Waals surface area contributed by atoms with Crippen molar-refractivity contribution in [2.45, 2.75) is 137 Å². The molecule has 0 aromatic rings. The Hall–Kier alpha value is -1.88. The van der Waals surface area contributed by atoms with Gasteiger partial charge in [-0.15, -0.1) is 0 Å². The maximum Gasteiger partial charge on any atom is 0.306 e. The number of ketones is 1. The largest absolute Gasteiger partial charge is 0.462 e. The van der Waals surface area contributed by atoms with Gasteiger partial charge in [0.05, 0.1) is 24.9 Å². The predicted molar refractivity (Wildman–Crippen MR) is 195 cm³/mol. The molecule has 2 rings (SSSR count). The number of ether oxygens (including phenoxy) is 6. The average Bonchev–Trinajstić information content (AvgIpc) is 3.06. The number of allylic oxidation sites excluding steroid dienone is 4. The van der Waals surface area contributed by atoms with Crippen molar-refractivity contribution in [2.75, 3.05) is 34.9 Å². The Morgan fingerprint density at radius 1 is 0.980 bits per heavy atom. The zero-order valence-electron chi connectivity index (χ0n) is 32.8. The van der Waals surface area contributed by atoms with Crippen molar-refractivity contribution in [1.82, 2.24) is 4.90 Å². The second-order valence-electron chi connectivity index (χ2n) is 14.7. The summed E-state index contributed by atoms with van der Waals surface area (Å²) in [5, 5.41) is 0. The summed E-state index contributed by atoms with van der Waals surface area (Å²) in [6.45, 7) is 19.1. The van der Waals surface area contributed by atoms with Gasteiger partial charge in [0.2, 0.25) is 0 Å². The van der Waals surface area contributed by atoms with Gasteiger partial charge in [-0.25, -0.2) is 0 Å². The summed E-state index contributed by atoms with van der Waals surface area (Å²) in [5.74, 6) is -0.693. The zero-order valence-corrected chi connectivity index (χ0v) is 32.8. The second-order valence-corrected chi connectivity index (χ2v) is 14.7. The number of carbonyl (C=O) groups excluding carboxylic acids is 2. The minimum Gasteiger partial charge on any atom is -0.462 e. The van der Waals surface area contributed by atoms with E-state index in [1.165, 1.54) is 0 Å². The fraction of sp³-hybridized carbons (Fsp3) is 0.800. The van der Waals surface area contributed by atoms with Crippen molar-refractivity contribution in [1.29, 1.82) is 0 Å². The van der Waals surface area contributed by atoms with Gasteiger partial charge in [0, 0.05) is 50.9 Å². The number of cyclic esters (lactones) is 1. The third-order valence-electron chi connectivity index (χ3n) is 10.8. The molecule has 2 aliphatic rings. The van der Waals surface area contributed by atoms with Gasteiger partial charge in [-0.2, -0.15) is 0 Å². The smallest absolute Gasteiger partial charge is 0.306 e. The summed E-state index contributed by atoms with van der Waals surface area (Å²) >= 11 is 0.